The Morgan fingerprint density at radius 3 is 2.39 bits per heavy atom. The molecule has 28 heavy (non-hydrogen) atoms. The average molecular weight is 384 g/mol. The summed E-state index contributed by atoms with van der Waals surface area (Å²) in [6.45, 7) is 6.45. The lowest BCUT2D eigenvalue weighted by molar-refractivity contribution is -0.117. The van der Waals surface area contributed by atoms with Crippen LogP contribution in [-0.4, -0.2) is 43.6 Å². The number of carbonyl (C=O) groups excluding carboxylic acids is 2. The summed E-state index contributed by atoms with van der Waals surface area (Å²) < 4.78 is 10.5. The summed E-state index contributed by atoms with van der Waals surface area (Å²) in [6, 6.07) is 12.7. The van der Waals surface area contributed by atoms with E-state index >= 15 is 0 Å². The van der Waals surface area contributed by atoms with Crippen molar-refractivity contribution in [2.24, 2.45) is 0 Å². The third-order valence-electron chi connectivity index (χ3n) is 4.04. The number of anilines is 1. The molecule has 1 N–H and O–H groups in total. The van der Waals surface area contributed by atoms with Crippen molar-refractivity contribution in [3.63, 3.8) is 0 Å². The van der Waals surface area contributed by atoms with Crippen LogP contribution in [-0.2, 0) is 16.1 Å². The highest BCUT2D eigenvalue weighted by molar-refractivity contribution is 5.94. The first-order valence-corrected chi connectivity index (χ1v) is 9.21. The molecule has 2 rings (SSSR count). The van der Waals surface area contributed by atoms with Crippen molar-refractivity contribution in [1.29, 1.82) is 0 Å². The van der Waals surface area contributed by atoms with Gasteiger partial charge in [-0.2, -0.15) is 0 Å². The van der Waals surface area contributed by atoms with Crippen LogP contribution < -0.4 is 10.1 Å². The number of hydrogen-bond acceptors (Lipinski definition) is 5. The van der Waals surface area contributed by atoms with Gasteiger partial charge in [0.25, 0.3) is 0 Å². The minimum absolute atomic E-state index is 0.133. The largest absolute Gasteiger partial charge is 0.496 e. The molecule has 6 heteroatoms. The summed E-state index contributed by atoms with van der Waals surface area (Å²) in [7, 11) is 3.52. The molecule has 0 heterocycles. The molecule has 6 nitrogen and oxygen atoms in total. The van der Waals surface area contributed by atoms with Crippen molar-refractivity contribution in [3.05, 3.63) is 59.2 Å². The van der Waals surface area contributed by atoms with E-state index in [1.54, 1.807) is 45.2 Å². The molecule has 0 spiro atoms. The minimum atomic E-state index is -0.375. The Bertz CT molecular complexity index is 816. The van der Waals surface area contributed by atoms with Crippen molar-refractivity contribution in [3.8, 4) is 5.75 Å². The molecule has 0 aromatic heterocycles. The van der Waals surface area contributed by atoms with Gasteiger partial charge in [-0.1, -0.05) is 17.7 Å². The molecule has 150 valence electrons. The summed E-state index contributed by atoms with van der Waals surface area (Å²) in [5.41, 5.74) is 3.26. The number of esters is 1. The van der Waals surface area contributed by atoms with Gasteiger partial charge in [0.1, 0.15) is 5.75 Å². The third kappa shape index (κ3) is 6.39. The fraction of sp³-hybridized carbons (Fsp3) is 0.364. The zero-order chi connectivity index (χ0) is 20.7. The standard InChI is InChI=1S/C22H28N2O4/c1-15(2)28-22(26)17-7-9-19(10-8-17)23-21(25)14-24(4)13-18-12-16(3)6-11-20(18)27-5/h6-12,15H,13-14H2,1-5H3,(H,23,25). The quantitative estimate of drug-likeness (QED) is 0.704. The van der Waals surface area contributed by atoms with E-state index in [9.17, 15) is 9.59 Å². The molecule has 1 amide bonds. The van der Waals surface area contributed by atoms with E-state index in [4.69, 9.17) is 9.47 Å². The van der Waals surface area contributed by atoms with Crippen LogP contribution in [0.15, 0.2) is 42.5 Å². The van der Waals surface area contributed by atoms with Gasteiger partial charge in [0.15, 0.2) is 0 Å². The number of aryl methyl sites for hydroxylation is 1. The van der Waals surface area contributed by atoms with Crippen LogP contribution in [0.5, 0.6) is 5.75 Å². The molecule has 0 aliphatic rings. The Kier molecular flexibility index (Phi) is 7.58. The number of nitrogens with one attached hydrogen (secondary N) is 1. The first-order valence-electron chi connectivity index (χ1n) is 9.21. The normalized spacial score (nSPS) is 10.8. The number of ether oxygens (including phenoxy) is 2. The first kappa shape index (κ1) is 21.4. The second-order valence-electron chi connectivity index (χ2n) is 7.07. The van der Waals surface area contributed by atoms with Gasteiger partial charge in [0, 0.05) is 17.8 Å². The number of hydrogen-bond donors (Lipinski definition) is 1. The lowest BCUT2D eigenvalue weighted by atomic mass is 10.1. The van der Waals surface area contributed by atoms with Crippen LogP contribution in [0.2, 0.25) is 0 Å². The molecule has 0 radical (unpaired) electrons. The monoisotopic (exact) mass is 384 g/mol. The van der Waals surface area contributed by atoms with Crippen molar-refractivity contribution in [2.75, 3.05) is 26.0 Å². The maximum atomic E-state index is 12.3. The van der Waals surface area contributed by atoms with Crippen LogP contribution in [0.4, 0.5) is 5.69 Å². The molecule has 0 saturated heterocycles. The molecular weight excluding hydrogens is 356 g/mol. The topological polar surface area (TPSA) is 67.9 Å². The van der Waals surface area contributed by atoms with Crippen LogP contribution in [0.1, 0.15) is 35.3 Å². The molecular formula is C22H28N2O4. The highest BCUT2D eigenvalue weighted by atomic mass is 16.5. The third-order valence-corrected chi connectivity index (χ3v) is 4.04. The van der Waals surface area contributed by atoms with Gasteiger partial charge in [-0.05, 0) is 58.2 Å². The predicted molar refractivity (Wildman–Crippen MR) is 110 cm³/mol. The van der Waals surface area contributed by atoms with Gasteiger partial charge in [0.2, 0.25) is 5.91 Å². The molecule has 2 aromatic rings. The molecule has 0 fully saturated rings. The molecule has 0 aliphatic heterocycles. The van der Waals surface area contributed by atoms with Crippen molar-refractivity contribution < 1.29 is 19.1 Å². The number of amides is 1. The Balaban J connectivity index is 1.91. The van der Waals surface area contributed by atoms with E-state index in [0.29, 0.717) is 17.8 Å². The molecule has 0 bridgehead atoms. The lowest BCUT2D eigenvalue weighted by Gasteiger charge is -2.18. The molecule has 0 saturated carbocycles. The smallest absolute Gasteiger partial charge is 0.338 e. The van der Waals surface area contributed by atoms with E-state index in [2.05, 4.69) is 11.4 Å². The maximum absolute atomic E-state index is 12.3. The Morgan fingerprint density at radius 1 is 1.11 bits per heavy atom. The zero-order valence-corrected chi connectivity index (χ0v) is 17.1. The number of rotatable bonds is 8. The van der Waals surface area contributed by atoms with Crippen LogP contribution in [0, 0.1) is 6.92 Å². The van der Waals surface area contributed by atoms with Crippen molar-refractivity contribution in [2.45, 2.75) is 33.4 Å². The predicted octanol–water partition coefficient (Wildman–Crippen LogP) is 3.64. The van der Waals surface area contributed by atoms with E-state index in [-0.39, 0.29) is 24.5 Å². The molecule has 0 aliphatic carbocycles. The highest BCUT2D eigenvalue weighted by Crippen LogP contribution is 2.21. The molecule has 0 unspecified atom stereocenters. The van der Waals surface area contributed by atoms with Crippen LogP contribution in [0.3, 0.4) is 0 Å². The number of likely N-dealkylation sites (N-methyl/N-ethyl adjacent to an activating group) is 1. The Hall–Kier alpha value is -2.86. The number of nitrogens with zero attached hydrogens (tertiary/aromatic N) is 1. The lowest BCUT2D eigenvalue weighted by Crippen LogP contribution is -2.30. The highest BCUT2D eigenvalue weighted by Gasteiger charge is 2.12. The van der Waals surface area contributed by atoms with Crippen LogP contribution in [0.25, 0.3) is 0 Å². The van der Waals surface area contributed by atoms with Crippen LogP contribution >= 0.6 is 0 Å². The number of benzene rings is 2. The summed E-state index contributed by atoms with van der Waals surface area (Å²) in [6.07, 6.45) is -0.172. The van der Waals surface area contributed by atoms with Gasteiger partial charge < -0.3 is 14.8 Å². The zero-order valence-electron chi connectivity index (χ0n) is 17.1. The van der Waals surface area contributed by atoms with E-state index in [1.165, 1.54) is 0 Å². The van der Waals surface area contributed by atoms with E-state index in [0.717, 1.165) is 16.9 Å². The Labute approximate surface area is 166 Å². The summed E-state index contributed by atoms with van der Waals surface area (Å²) >= 11 is 0. The first-order chi connectivity index (χ1) is 13.3. The van der Waals surface area contributed by atoms with Crippen molar-refractivity contribution in [1.82, 2.24) is 4.90 Å². The van der Waals surface area contributed by atoms with E-state index < -0.39 is 0 Å². The SMILES string of the molecule is COc1ccc(C)cc1CN(C)CC(=O)Nc1ccc(C(=O)OC(C)C)cc1. The minimum Gasteiger partial charge on any atom is -0.496 e. The van der Waals surface area contributed by atoms with Gasteiger partial charge in [0.05, 0.1) is 25.3 Å². The fourth-order valence-electron chi connectivity index (χ4n) is 2.80. The molecule has 2 aromatic carbocycles. The van der Waals surface area contributed by atoms with Gasteiger partial charge in [-0.3, -0.25) is 9.69 Å². The summed E-state index contributed by atoms with van der Waals surface area (Å²) in [4.78, 5) is 26.1. The second-order valence-corrected chi connectivity index (χ2v) is 7.07. The number of methoxy groups -OCH3 is 1. The average Bonchev–Trinajstić information content (AvgIpc) is 2.61. The number of carbonyl (C=O) groups is 2. The molecule has 0 atom stereocenters. The second kappa shape index (κ2) is 9.90. The van der Waals surface area contributed by atoms with Gasteiger partial charge >= 0.3 is 5.97 Å². The van der Waals surface area contributed by atoms with Crippen molar-refractivity contribution >= 4 is 17.6 Å². The Morgan fingerprint density at radius 2 is 1.79 bits per heavy atom. The fourth-order valence-corrected chi connectivity index (χ4v) is 2.80. The summed E-state index contributed by atoms with van der Waals surface area (Å²) in [5, 5.41) is 2.84. The maximum Gasteiger partial charge on any atom is 0.338 e. The van der Waals surface area contributed by atoms with Gasteiger partial charge in [-0.15, -0.1) is 0 Å². The summed E-state index contributed by atoms with van der Waals surface area (Å²) in [5.74, 6) is 0.299. The van der Waals surface area contributed by atoms with Gasteiger partial charge in [-0.25, -0.2) is 4.79 Å². The van der Waals surface area contributed by atoms with E-state index in [1.807, 2.05) is 31.0 Å².